The third-order valence-electron chi connectivity index (χ3n) is 11.1. The Bertz CT molecular complexity index is 3290. The highest BCUT2D eigenvalue weighted by Gasteiger charge is 2.25. The van der Waals surface area contributed by atoms with Gasteiger partial charge in [0.1, 0.15) is 5.82 Å². The molecule has 0 radical (unpaired) electrons. The van der Waals surface area contributed by atoms with E-state index in [0.29, 0.717) is 0 Å². The van der Waals surface area contributed by atoms with Crippen LogP contribution < -0.4 is 0 Å². The second-order valence-corrected chi connectivity index (χ2v) is 13.8. The van der Waals surface area contributed by atoms with Gasteiger partial charge >= 0.3 is 0 Å². The number of nitrogens with zero attached hydrogens (tertiary/aromatic N) is 4. The molecule has 11 aromatic rings. The molecular weight excluding hydrogens is 633 g/mol. The van der Waals surface area contributed by atoms with Crippen LogP contribution in [0.2, 0.25) is 0 Å². The zero-order valence-electron chi connectivity index (χ0n) is 28.0. The summed E-state index contributed by atoms with van der Waals surface area (Å²) in [5.41, 5.74) is 13.8. The van der Waals surface area contributed by atoms with Crippen LogP contribution in [0.3, 0.4) is 0 Å². The first-order chi connectivity index (χ1) is 25.8. The summed E-state index contributed by atoms with van der Waals surface area (Å²) in [6.45, 7) is 0. The SMILES string of the molecule is c1ccc(-n2c3ccc(-c4ccc5c(c4)c4ccccc4n5-c4cc5c6c(cccc6n4)-c4ncccc4-5)cc3c3cc4ccccc4cc32)cc1. The minimum atomic E-state index is 0.915. The van der Waals surface area contributed by atoms with Crippen molar-refractivity contribution in [3.05, 3.63) is 170 Å². The molecule has 0 amide bonds. The Labute approximate surface area is 298 Å². The van der Waals surface area contributed by atoms with Crippen LogP contribution in [0, 0.1) is 0 Å². The average molecular weight is 661 g/mol. The van der Waals surface area contributed by atoms with Gasteiger partial charge < -0.3 is 4.57 Å². The molecule has 0 unspecified atom stereocenters. The second kappa shape index (κ2) is 10.3. The van der Waals surface area contributed by atoms with Gasteiger partial charge in [0.25, 0.3) is 0 Å². The summed E-state index contributed by atoms with van der Waals surface area (Å²) in [6, 6.07) is 59.4. The molecule has 7 aromatic carbocycles. The molecule has 12 rings (SSSR count). The van der Waals surface area contributed by atoms with E-state index in [1.54, 1.807) is 0 Å². The van der Waals surface area contributed by atoms with Crippen LogP contribution in [0.15, 0.2) is 170 Å². The average Bonchev–Trinajstić information content (AvgIpc) is 3.83. The zero-order chi connectivity index (χ0) is 33.9. The predicted molar refractivity (Wildman–Crippen MR) is 216 cm³/mol. The number of aromatic nitrogens is 4. The van der Waals surface area contributed by atoms with Gasteiger partial charge in [0.05, 0.1) is 33.3 Å². The maximum atomic E-state index is 5.29. The van der Waals surface area contributed by atoms with Crippen molar-refractivity contribution in [3.63, 3.8) is 0 Å². The van der Waals surface area contributed by atoms with Gasteiger partial charge in [-0.1, -0.05) is 91.0 Å². The summed E-state index contributed by atoms with van der Waals surface area (Å²) >= 11 is 0. The standard InChI is InChI=1S/C48H28N4/c1-2-12-33(13-3-1)51-43-21-19-32(26-38(43)39-24-29-10-4-5-11-30(29)27-45(39)51)31-20-22-44-37(25-31)34-14-6-7-18-42(34)52(44)46-28-40-35-16-9-23-49-48(35)36-15-8-17-41(50-46)47(36)40/h1-28H. The van der Waals surface area contributed by atoms with Crippen LogP contribution in [0.4, 0.5) is 0 Å². The highest BCUT2D eigenvalue weighted by atomic mass is 15.1. The molecule has 240 valence electrons. The minimum Gasteiger partial charge on any atom is -0.309 e. The maximum absolute atomic E-state index is 5.29. The summed E-state index contributed by atoms with van der Waals surface area (Å²) in [4.78, 5) is 10.0. The number of pyridine rings is 2. The lowest BCUT2D eigenvalue weighted by Crippen LogP contribution is -1.98. The molecule has 4 aromatic heterocycles. The Hall–Kier alpha value is -7.04. The van der Waals surface area contributed by atoms with Gasteiger partial charge in [-0.3, -0.25) is 9.55 Å². The van der Waals surface area contributed by atoms with E-state index in [9.17, 15) is 0 Å². The molecule has 4 nitrogen and oxygen atoms in total. The number of fused-ring (bicyclic) bond motifs is 10. The molecular formula is C48H28N4. The van der Waals surface area contributed by atoms with Crippen LogP contribution in [0.1, 0.15) is 0 Å². The van der Waals surface area contributed by atoms with Gasteiger partial charge in [-0.25, -0.2) is 4.98 Å². The van der Waals surface area contributed by atoms with Crippen molar-refractivity contribution in [2.75, 3.05) is 0 Å². The molecule has 0 saturated carbocycles. The van der Waals surface area contributed by atoms with E-state index in [0.717, 1.165) is 44.9 Å². The van der Waals surface area contributed by atoms with Crippen LogP contribution in [0.25, 0.3) is 110 Å². The Morgan fingerprint density at radius 2 is 1.08 bits per heavy atom. The Morgan fingerprint density at radius 1 is 0.404 bits per heavy atom. The van der Waals surface area contributed by atoms with E-state index in [1.807, 2.05) is 12.3 Å². The molecule has 0 aliphatic heterocycles. The Kier molecular flexibility index (Phi) is 5.47. The normalized spacial score (nSPS) is 12.2. The largest absolute Gasteiger partial charge is 0.309 e. The fourth-order valence-electron chi connectivity index (χ4n) is 8.77. The lowest BCUT2D eigenvalue weighted by Gasteiger charge is -2.11. The number of para-hydroxylation sites is 2. The molecule has 4 heterocycles. The van der Waals surface area contributed by atoms with Crippen molar-refractivity contribution in [3.8, 4) is 45.0 Å². The summed E-state index contributed by atoms with van der Waals surface area (Å²) < 4.78 is 4.73. The van der Waals surface area contributed by atoms with Crippen LogP contribution >= 0.6 is 0 Å². The van der Waals surface area contributed by atoms with Crippen molar-refractivity contribution in [1.82, 2.24) is 19.1 Å². The predicted octanol–water partition coefficient (Wildman–Crippen LogP) is 12.3. The lowest BCUT2D eigenvalue weighted by atomic mass is 10.00. The van der Waals surface area contributed by atoms with Gasteiger partial charge in [0.2, 0.25) is 0 Å². The second-order valence-electron chi connectivity index (χ2n) is 13.8. The summed E-state index contributed by atoms with van der Waals surface area (Å²) in [5.74, 6) is 0.915. The molecule has 0 fully saturated rings. The molecule has 0 N–H and O–H groups in total. The third kappa shape index (κ3) is 3.75. The highest BCUT2D eigenvalue weighted by molar-refractivity contribution is 6.16. The Balaban J connectivity index is 1.08. The van der Waals surface area contributed by atoms with Gasteiger partial charge in [-0.2, -0.15) is 0 Å². The molecule has 4 heteroatoms. The topological polar surface area (TPSA) is 35.6 Å². The fraction of sp³-hybridized carbons (Fsp3) is 0. The smallest absolute Gasteiger partial charge is 0.138 e. The number of hydrogen-bond acceptors (Lipinski definition) is 2. The first-order valence-corrected chi connectivity index (χ1v) is 17.7. The van der Waals surface area contributed by atoms with E-state index in [1.165, 1.54) is 65.4 Å². The molecule has 52 heavy (non-hydrogen) atoms. The van der Waals surface area contributed by atoms with E-state index in [-0.39, 0.29) is 0 Å². The molecule has 0 spiro atoms. The zero-order valence-corrected chi connectivity index (χ0v) is 28.0. The van der Waals surface area contributed by atoms with Gasteiger partial charge in [-0.15, -0.1) is 0 Å². The molecule has 1 aliphatic rings. The van der Waals surface area contributed by atoms with Crippen molar-refractivity contribution in [2.24, 2.45) is 0 Å². The summed E-state index contributed by atoms with van der Waals surface area (Å²) in [7, 11) is 0. The van der Waals surface area contributed by atoms with Crippen LogP contribution in [0.5, 0.6) is 0 Å². The van der Waals surface area contributed by atoms with Crippen molar-refractivity contribution >= 4 is 65.3 Å². The van der Waals surface area contributed by atoms with E-state index in [2.05, 4.69) is 167 Å². The summed E-state index contributed by atoms with van der Waals surface area (Å²) in [5, 5.41) is 8.60. The number of benzene rings is 7. The van der Waals surface area contributed by atoms with Crippen LogP contribution in [-0.2, 0) is 0 Å². The van der Waals surface area contributed by atoms with Gasteiger partial charge in [0, 0.05) is 49.9 Å². The van der Waals surface area contributed by atoms with Crippen molar-refractivity contribution < 1.29 is 0 Å². The molecule has 0 atom stereocenters. The minimum absolute atomic E-state index is 0.915. The number of hydrogen-bond donors (Lipinski definition) is 0. The third-order valence-corrected chi connectivity index (χ3v) is 11.1. The van der Waals surface area contributed by atoms with Crippen molar-refractivity contribution in [1.29, 1.82) is 0 Å². The Morgan fingerprint density at radius 3 is 1.92 bits per heavy atom. The lowest BCUT2D eigenvalue weighted by molar-refractivity contribution is 1.10. The van der Waals surface area contributed by atoms with Gasteiger partial charge in [-0.05, 0) is 100 Å². The number of rotatable bonds is 3. The maximum Gasteiger partial charge on any atom is 0.138 e. The molecule has 0 bridgehead atoms. The van der Waals surface area contributed by atoms with E-state index < -0.39 is 0 Å². The van der Waals surface area contributed by atoms with E-state index >= 15 is 0 Å². The highest BCUT2D eigenvalue weighted by Crippen LogP contribution is 2.47. The molecule has 0 saturated heterocycles. The fourth-order valence-corrected chi connectivity index (χ4v) is 8.77. The monoisotopic (exact) mass is 660 g/mol. The quantitative estimate of drug-likeness (QED) is 0.189. The first kappa shape index (κ1) is 27.7. The summed E-state index contributed by atoms with van der Waals surface area (Å²) in [6.07, 6.45) is 1.88. The molecule has 1 aliphatic carbocycles. The van der Waals surface area contributed by atoms with Crippen LogP contribution in [-0.4, -0.2) is 19.1 Å². The van der Waals surface area contributed by atoms with Gasteiger partial charge in [0.15, 0.2) is 0 Å². The van der Waals surface area contributed by atoms with E-state index in [4.69, 9.17) is 9.97 Å². The first-order valence-electron chi connectivity index (χ1n) is 17.7. The van der Waals surface area contributed by atoms with Crippen molar-refractivity contribution in [2.45, 2.75) is 0 Å².